The third-order valence-electron chi connectivity index (χ3n) is 12.1. The van der Waals surface area contributed by atoms with E-state index >= 15 is 0 Å². The Hall–Kier alpha value is -3.64. The fraction of sp³-hybridized carbons (Fsp3) is 0.714. The molecule has 1 aromatic carbocycles. The van der Waals surface area contributed by atoms with Gasteiger partial charge in [0.15, 0.2) is 18.1 Å². The second-order valence-electron chi connectivity index (χ2n) is 16.9. The Morgan fingerprint density at radius 1 is 1.03 bits per heavy atom. The Labute approximate surface area is 343 Å². The number of likely N-dealkylation sites (N-methyl/N-ethyl adjacent to an activating group) is 2. The minimum atomic E-state index is -1.81. The molecule has 2 amide bonds. The van der Waals surface area contributed by atoms with Crippen molar-refractivity contribution in [1.82, 2.24) is 19.8 Å². The number of anilines is 1. The van der Waals surface area contributed by atoms with Crippen LogP contribution in [0.5, 0.6) is 11.8 Å². The van der Waals surface area contributed by atoms with Crippen LogP contribution in [-0.2, 0) is 19.0 Å². The number of aliphatic hydroxyl groups excluding tert-OH is 2. The molecule has 2 aliphatic heterocycles. The summed E-state index contributed by atoms with van der Waals surface area (Å²) in [6.45, 7) is 14.0. The molecule has 0 radical (unpaired) electrons. The van der Waals surface area contributed by atoms with Crippen molar-refractivity contribution in [2.24, 2.45) is 17.8 Å². The summed E-state index contributed by atoms with van der Waals surface area (Å²) in [5.74, 6) is -2.79. The summed E-state index contributed by atoms with van der Waals surface area (Å²) >= 11 is 0. The second kappa shape index (κ2) is 19.6. The van der Waals surface area contributed by atoms with Gasteiger partial charge in [-0.1, -0.05) is 39.0 Å². The lowest BCUT2D eigenvalue weighted by atomic mass is 9.78. The number of aliphatic hydroxyl groups is 4. The Kier molecular flexibility index (Phi) is 15.9. The molecule has 4 rings (SSSR count). The Morgan fingerprint density at radius 2 is 1.66 bits per heavy atom. The first-order valence-corrected chi connectivity index (χ1v) is 20.2. The van der Waals surface area contributed by atoms with Gasteiger partial charge in [-0.2, -0.15) is 9.97 Å². The van der Waals surface area contributed by atoms with E-state index in [9.17, 15) is 30.0 Å². The van der Waals surface area contributed by atoms with Gasteiger partial charge in [0.05, 0.1) is 55.4 Å². The fourth-order valence-corrected chi connectivity index (χ4v) is 8.49. The van der Waals surface area contributed by atoms with Crippen LogP contribution in [0.25, 0.3) is 0 Å². The maximum Gasteiger partial charge on any atom is 0.324 e. The number of rotatable bonds is 8. The predicted octanol–water partition coefficient (Wildman–Crippen LogP) is 3.49. The number of nitrogens with zero attached hydrogens (tertiary/aromatic N) is 5. The molecule has 3 heterocycles. The van der Waals surface area contributed by atoms with Gasteiger partial charge < -0.3 is 53.9 Å². The number of ether oxygens (including phenoxy) is 5. The number of benzene rings is 1. The first-order chi connectivity index (χ1) is 27.1. The molecule has 2 aliphatic rings. The van der Waals surface area contributed by atoms with E-state index in [-0.39, 0.29) is 36.6 Å². The number of hydrogen-bond donors (Lipinski definition) is 4. The maximum absolute atomic E-state index is 14.1. The van der Waals surface area contributed by atoms with Crippen LogP contribution in [0.2, 0.25) is 0 Å². The number of carbonyl (C=O) groups is 2. The average Bonchev–Trinajstić information content (AvgIpc) is 3.19. The van der Waals surface area contributed by atoms with Gasteiger partial charge >= 0.3 is 18.0 Å². The van der Waals surface area contributed by atoms with E-state index in [4.69, 9.17) is 23.7 Å². The van der Waals surface area contributed by atoms with Crippen molar-refractivity contribution >= 4 is 17.7 Å². The number of cyclic esters (lactones) is 1. The van der Waals surface area contributed by atoms with Gasteiger partial charge in [-0.15, -0.1) is 0 Å². The fourth-order valence-electron chi connectivity index (χ4n) is 8.49. The first-order valence-electron chi connectivity index (χ1n) is 20.2. The molecular weight excluding hydrogens is 750 g/mol. The van der Waals surface area contributed by atoms with E-state index in [0.717, 1.165) is 0 Å². The number of hydrogen-bond acceptors (Lipinski definition) is 14. The summed E-state index contributed by atoms with van der Waals surface area (Å²) in [6, 6.07) is 7.83. The second-order valence-corrected chi connectivity index (χ2v) is 16.9. The molecule has 2 fully saturated rings. The minimum absolute atomic E-state index is 0.126. The normalized spacial score (nSPS) is 37.1. The molecule has 326 valence electrons. The lowest BCUT2D eigenvalue weighted by molar-refractivity contribution is -0.293. The van der Waals surface area contributed by atoms with Gasteiger partial charge in [0.2, 0.25) is 0 Å². The molecule has 2 aromatic rings. The van der Waals surface area contributed by atoms with E-state index in [0.29, 0.717) is 18.7 Å². The van der Waals surface area contributed by atoms with Crippen LogP contribution < -0.4 is 14.4 Å². The SMILES string of the molecule is CC[C@H]1OC(=O)[C@H](C)[C@@H](O)[C@H](C)[C@@H](O[C@@H]2O[C@H](C)C[C@H](N(C)C(=O)N(C)c3ccccc3)[C@H]2Oc2cnc(OC)nc2)[C@](C)(O)C[C@@H](C)CN(C)[C@H](C)[C@@H](O)[C@]1(C)O. The van der Waals surface area contributed by atoms with Gasteiger partial charge in [-0.05, 0) is 79.0 Å². The number of aromatic nitrogens is 2. The third kappa shape index (κ3) is 10.7. The van der Waals surface area contributed by atoms with E-state index < -0.39 is 84.0 Å². The van der Waals surface area contributed by atoms with Crippen molar-refractivity contribution in [3.05, 3.63) is 42.7 Å². The largest absolute Gasteiger partial charge is 0.480 e. The highest BCUT2D eigenvalue weighted by atomic mass is 16.7. The zero-order valence-corrected chi connectivity index (χ0v) is 36.2. The van der Waals surface area contributed by atoms with Crippen molar-refractivity contribution in [3.63, 3.8) is 0 Å². The van der Waals surface area contributed by atoms with Gasteiger partial charge in [0.25, 0.3) is 0 Å². The number of para-hydroxylation sites is 1. The molecule has 0 unspecified atom stereocenters. The number of urea groups is 1. The highest BCUT2D eigenvalue weighted by Crippen LogP contribution is 2.38. The van der Waals surface area contributed by atoms with Crippen molar-refractivity contribution < 1.29 is 53.7 Å². The summed E-state index contributed by atoms with van der Waals surface area (Å²) in [6.07, 6.45) is -4.06. The standard InChI is InChI=1S/C42H67N5O11/c1-13-32-42(8,53)35(49)28(6)45(9)23-24(2)20-41(7,52)36(26(4)33(48)27(5)37(50)57-32)58-38-34(56-30-21-43-39(54-12)44-22-30)31(19-25(3)55-38)47(11)40(51)46(10)29-17-15-14-16-18-29/h14-18,21-22,24-28,31-36,38,48-49,52-53H,13,19-20,23H2,1-12H3/t24-,25-,26+,27-,28-,31+,32-,33+,34-,35-,36-,38+,41-,42-/m1/s1. The van der Waals surface area contributed by atoms with Crippen LogP contribution in [0.3, 0.4) is 0 Å². The number of carbonyl (C=O) groups excluding carboxylic acids is 2. The number of esters is 1. The first kappa shape index (κ1) is 47.0. The molecule has 0 aliphatic carbocycles. The van der Waals surface area contributed by atoms with E-state index in [1.165, 1.54) is 38.3 Å². The molecule has 2 saturated heterocycles. The maximum atomic E-state index is 14.1. The summed E-state index contributed by atoms with van der Waals surface area (Å²) in [7, 11) is 6.63. The molecule has 16 heteroatoms. The van der Waals surface area contributed by atoms with Gasteiger partial charge in [0.1, 0.15) is 17.8 Å². The third-order valence-corrected chi connectivity index (χ3v) is 12.1. The molecule has 1 aromatic heterocycles. The Bertz CT molecular complexity index is 1620. The van der Waals surface area contributed by atoms with Crippen LogP contribution >= 0.6 is 0 Å². The minimum Gasteiger partial charge on any atom is -0.480 e. The van der Waals surface area contributed by atoms with Gasteiger partial charge in [-0.25, -0.2) is 4.79 Å². The summed E-state index contributed by atoms with van der Waals surface area (Å²) in [5, 5.41) is 47.4. The van der Waals surface area contributed by atoms with Crippen molar-refractivity contribution in [1.29, 1.82) is 0 Å². The zero-order valence-electron chi connectivity index (χ0n) is 36.2. The van der Waals surface area contributed by atoms with Crippen LogP contribution in [-0.4, -0.2) is 153 Å². The molecule has 58 heavy (non-hydrogen) atoms. The summed E-state index contributed by atoms with van der Waals surface area (Å²) in [4.78, 5) is 41.2. The summed E-state index contributed by atoms with van der Waals surface area (Å²) in [5.41, 5.74) is -2.77. The monoisotopic (exact) mass is 817 g/mol. The van der Waals surface area contributed by atoms with Crippen molar-refractivity contribution in [2.45, 2.75) is 141 Å². The Morgan fingerprint density at radius 3 is 2.24 bits per heavy atom. The summed E-state index contributed by atoms with van der Waals surface area (Å²) < 4.78 is 30.9. The average molecular weight is 818 g/mol. The van der Waals surface area contributed by atoms with Crippen molar-refractivity contribution in [3.8, 4) is 11.8 Å². The van der Waals surface area contributed by atoms with Crippen LogP contribution in [0.15, 0.2) is 42.7 Å². The van der Waals surface area contributed by atoms with Crippen molar-refractivity contribution in [2.75, 3.05) is 39.7 Å². The highest BCUT2D eigenvalue weighted by Gasteiger charge is 2.51. The zero-order chi connectivity index (χ0) is 43.3. The topological polar surface area (TPSA) is 197 Å². The molecular formula is C42H67N5O11. The van der Waals surface area contributed by atoms with E-state index in [2.05, 4.69) is 9.97 Å². The number of amides is 2. The van der Waals surface area contributed by atoms with E-state index in [1.807, 2.05) is 56.1 Å². The lowest BCUT2D eigenvalue weighted by Crippen LogP contribution is -2.62. The van der Waals surface area contributed by atoms with E-state index in [1.54, 1.807) is 46.7 Å². The quantitative estimate of drug-likeness (QED) is 0.283. The smallest absolute Gasteiger partial charge is 0.324 e. The molecule has 14 atom stereocenters. The van der Waals surface area contributed by atoms with Gasteiger partial charge in [-0.3, -0.25) is 9.69 Å². The molecule has 0 bridgehead atoms. The lowest BCUT2D eigenvalue weighted by Gasteiger charge is -2.48. The Balaban J connectivity index is 1.78. The highest BCUT2D eigenvalue weighted by molar-refractivity contribution is 5.91. The number of methoxy groups -OCH3 is 1. The molecule has 4 N–H and O–H groups in total. The molecule has 0 saturated carbocycles. The van der Waals surface area contributed by atoms with Crippen LogP contribution in [0.1, 0.15) is 74.7 Å². The predicted molar refractivity (Wildman–Crippen MR) is 216 cm³/mol. The molecule has 16 nitrogen and oxygen atoms in total. The van der Waals surface area contributed by atoms with Gasteiger partial charge in [0, 0.05) is 38.3 Å². The molecule has 0 spiro atoms. The van der Waals surface area contributed by atoms with Crippen LogP contribution in [0, 0.1) is 17.8 Å². The van der Waals surface area contributed by atoms with Crippen LogP contribution in [0.4, 0.5) is 10.5 Å².